The van der Waals surface area contributed by atoms with Gasteiger partial charge in [0, 0.05) is 22.9 Å². The van der Waals surface area contributed by atoms with Crippen molar-refractivity contribution in [1.82, 2.24) is 15.2 Å². The van der Waals surface area contributed by atoms with Crippen molar-refractivity contribution in [3.63, 3.8) is 0 Å². The highest BCUT2D eigenvalue weighted by Gasteiger charge is 2.16. The average molecular weight is 353 g/mol. The number of pyridine rings is 1. The number of rotatable bonds is 5. The molecule has 0 spiro atoms. The van der Waals surface area contributed by atoms with Gasteiger partial charge in [-0.3, -0.25) is 15.2 Å². The third-order valence-electron chi connectivity index (χ3n) is 3.57. The van der Waals surface area contributed by atoms with Gasteiger partial charge in [0.2, 0.25) is 0 Å². The van der Waals surface area contributed by atoms with Gasteiger partial charge in [-0.05, 0) is 60.3 Å². The molecule has 1 amide bonds. The van der Waals surface area contributed by atoms with Crippen LogP contribution in [0.2, 0.25) is 0 Å². The van der Waals surface area contributed by atoms with Crippen molar-refractivity contribution in [2.75, 3.05) is 0 Å². The Morgan fingerprint density at radius 2 is 1.88 bits per heavy atom. The number of aryl methyl sites for hydroxylation is 1. The Labute approximate surface area is 149 Å². The fourth-order valence-electron chi connectivity index (χ4n) is 2.32. The van der Waals surface area contributed by atoms with Crippen LogP contribution in [0.15, 0.2) is 71.9 Å². The van der Waals surface area contributed by atoms with Crippen LogP contribution >= 0.6 is 11.9 Å². The molecule has 2 N–H and O–H groups in total. The summed E-state index contributed by atoms with van der Waals surface area (Å²) in [5.74, 6) is -1.06. The summed E-state index contributed by atoms with van der Waals surface area (Å²) in [6.45, 7) is 1.64. The van der Waals surface area contributed by atoms with E-state index in [1.807, 2.05) is 36.4 Å². The van der Waals surface area contributed by atoms with Gasteiger partial charge in [-0.25, -0.2) is 4.39 Å². The van der Waals surface area contributed by atoms with Crippen LogP contribution in [0.4, 0.5) is 4.39 Å². The molecule has 0 unspecified atom stereocenters. The Morgan fingerprint density at radius 1 is 1.08 bits per heavy atom. The molecule has 6 heteroatoms. The van der Waals surface area contributed by atoms with Crippen LogP contribution in [0.1, 0.15) is 15.9 Å². The molecule has 0 aliphatic heterocycles. The van der Waals surface area contributed by atoms with Gasteiger partial charge in [0.05, 0.1) is 5.56 Å². The molecule has 0 radical (unpaired) electrons. The minimum atomic E-state index is -0.533. The summed E-state index contributed by atoms with van der Waals surface area (Å²) < 4.78 is 14.4. The van der Waals surface area contributed by atoms with Gasteiger partial charge in [-0.15, -0.1) is 0 Å². The molecule has 1 heterocycles. The average Bonchev–Trinajstić information content (AvgIpc) is 2.65. The zero-order chi connectivity index (χ0) is 17.6. The van der Waals surface area contributed by atoms with Crippen LogP contribution < -0.4 is 10.3 Å². The molecule has 0 aliphatic rings. The molecule has 25 heavy (non-hydrogen) atoms. The summed E-state index contributed by atoms with van der Waals surface area (Å²) in [4.78, 5) is 20.1. The van der Waals surface area contributed by atoms with Gasteiger partial charge >= 0.3 is 0 Å². The van der Waals surface area contributed by atoms with Gasteiger partial charge < -0.3 is 0 Å². The molecule has 3 aromatic rings. The molecular formula is C19H16FN3OS. The number of hydrogen-bond acceptors (Lipinski definition) is 4. The lowest BCUT2D eigenvalue weighted by atomic mass is 10.0. The first kappa shape index (κ1) is 17.1. The summed E-state index contributed by atoms with van der Waals surface area (Å²) in [7, 11) is 0. The molecule has 1 aromatic heterocycles. The van der Waals surface area contributed by atoms with Crippen LogP contribution in [0.3, 0.4) is 0 Å². The highest BCUT2D eigenvalue weighted by molar-refractivity contribution is 7.97. The second-order valence-corrected chi connectivity index (χ2v) is 6.25. The zero-order valence-electron chi connectivity index (χ0n) is 13.5. The molecule has 0 atom stereocenters. The highest BCUT2D eigenvalue weighted by Crippen LogP contribution is 2.24. The molecule has 0 aliphatic carbocycles. The van der Waals surface area contributed by atoms with Crippen molar-refractivity contribution in [1.29, 1.82) is 0 Å². The van der Waals surface area contributed by atoms with E-state index in [-0.39, 0.29) is 5.56 Å². The molecule has 4 nitrogen and oxygen atoms in total. The van der Waals surface area contributed by atoms with Crippen molar-refractivity contribution < 1.29 is 9.18 Å². The van der Waals surface area contributed by atoms with Crippen molar-refractivity contribution in [2.24, 2.45) is 0 Å². The Kier molecular flexibility index (Phi) is 5.42. The van der Waals surface area contributed by atoms with E-state index in [1.54, 1.807) is 31.5 Å². The number of nitrogens with zero attached hydrogens (tertiary/aromatic N) is 1. The van der Waals surface area contributed by atoms with Crippen LogP contribution in [-0.2, 0) is 0 Å². The third-order valence-corrected chi connectivity index (χ3v) is 4.28. The van der Waals surface area contributed by atoms with Crippen molar-refractivity contribution >= 4 is 17.9 Å². The van der Waals surface area contributed by atoms with Crippen LogP contribution in [0.25, 0.3) is 11.1 Å². The van der Waals surface area contributed by atoms with E-state index in [4.69, 9.17) is 0 Å². The van der Waals surface area contributed by atoms with E-state index in [0.29, 0.717) is 5.56 Å². The molecule has 0 fully saturated rings. The zero-order valence-corrected chi connectivity index (χ0v) is 14.3. The molecule has 126 valence electrons. The summed E-state index contributed by atoms with van der Waals surface area (Å²) >= 11 is 1.24. The van der Waals surface area contributed by atoms with Crippen LogP contribution in [0.5, 0.6) is 0 Å². The number of aromatic nitrogens is 1. The Balaban J connectivity index is 1.76. The highest BCUT2D eigenvalue weighted by atomic mass is 32.2. The standard InChI is InChI=1S/C19H16FN3OS/c1-13-10-15(14-6-5-9-21-12-14)11-17(18(13)20)19(24)22-23-25-16-7-3-2-4-8-16/h2-12,23H,1H3,(H,22,24). The first-order chi connectivity index (χ1) is 12.1. The maximum atomic E-state index is 14.4. The molecule has 0 bridgehead atoms. The predicted molar refractivity (Wildman–Crippen MR) is 97.3 cm³/mol. The third kappa shape index (κ3) is 4.23. The quantitative estimate of drug-likeness (QED) is 0.535. The van der Waals surface area contributed by atoms with Gasteiger partial charge in [-0.1, -0.05) is 24.3 Å². The first-order valence-electron chi connectivity index (χ1n) is 7.63. The number of hydrogen-bond donors (Lipinski definition) is 2. The van der Waals surface area contributed by atoms with Crippen molar-refractivity contribution in [2.45, 2.75) is 11.8 Å². The number of carbonyl (C=O) groups excluding carboxylic acids is 1. The largest absolute Gasteiger partial charge is 0.277 e. The second-order valence-electron chi connectivity index (χ2n) is 5.37. The normalized spacial score (nSPS) is 10.5. The maximum absolute atomic E-state index is 14.4. The second kappa shape index (κ2) is 7.92. The lowest BCUT2D eigenvalue weighted by Crippen LogP contribution is -2.33. The number of amides is 1. The SMILES string of the molecule is Cc1cc(-c2cccnc2)cc(C(=O)NNSc2ccccc2)c1F. The molecular weight excluding hydrogens is 337 g/mol. The first-order valence-corrected chi connectivity index (χ1v) is 8.44. The van der Waals surface area contributed by atoms with Crippen molar-refractivity contribution in [3.8, 4) is 11.1 Å². The summed E-state index contributed by atoms with van der Waals surface area (Å²) in [5.41, 5.74) is 4.47. The van der Waals surface area contributed by atoms with E-state index in [9.17, 15) is 9.18 Å². The summed E-state index contributed by atoms with van der Waals surface area (Å²) in [6.07, 6.45) is 3.34. The number of halogens is 1. The fraction of sp³-hybridized carbons (Fsp3) is 0.0526. The van der Waals surface area contributed by atoms with Gasteiger partial charge in [0.15, 0.2) is 0 Å². The van der Waals surface area contributed by atoms with E-state index in [2.05, 4.69) is 15.2 Å². The van der Waals surface area contributed by atoms with E-state index < -0.39 is 11.7 Å². The molecule has 0 saturated carbocycles. The maximum Gasteiger partial charge on any atom is 0.269 e. The minimum Gasteiger partial charge on any atom is -0.277 e. The Hall–Kier alpha value is -2.70. The van der Waals surface area contributed by atoms with Gasteiger partial charge in [0.25, 0.3) is 5.91 Å². The predicted octanol–water partition coefficient (Wildman–Crippen LogP) is 4.14. The number of nitrogens with one attached hydrogen (secondary N) is 2. The van der Waals surface area contributed by atoms with Gasteiger partial charge in [0.1, 0.15) is 5.82 Å². The van der Waals surface area contributed by atoms with Crippen LogP contribution in [-0.4, -0.2) is 10.9 Å². The lowest BCUT2D eigenvalue weighted by molar-refractivity contribution is 0.0943. The molecule has 2 aromatic carbocycles. The van der Waals surface area contributed by atoms with Crippen molar-refractivity contribution in [3.05, 3.63) is 83.9 Å². The lowest BCUT2D eigenvalue weighted by Gasteiger charge is -2.11. The summed E-state index contributed by atoms with van der Waals surface area (Å²) in [6, 6.07) is 16.4. The summed E-state index contributed by atoms with van der Waals surface area (Å²) in [5, 5.41) is 0. The smallest absolute Gasteiger partial charge is 0.269 e. The molecule has 0 saturated heterocycles. The van der Waals surface area contributed by atoms with Crippen LogP contribution in [0, 0.1) is 12.7 Å². The topological polar surface area (TPSA) is 54.0 Å². The number of benzene rings is 2. The number of carbonyl (C=O) groups is 1. The van der Waals surface area contributed by atoms with E-state index >= 15 is 0 Å². The fourth-order valence-corrected chi connectivity index (χ4v) is 2.88. The monoisotopic (exact) mass is 353 g/mol. The minimum absolute atomic E-state index is 0.0139. The number of hydrazine groups is 1. The van der Waals surface area contributed by atoms with E-state index in [1.165, 1.54) is 18.0 Å². The van der Waals surface area contributed by atoms with E-state index in [0.717, 1.165) is 16.0 Å². The molecule has 3 rings (SSSR count). The van der Waals surface area contributed by atoms with Gasteiger partial charge in [-0.2, -0.15) is 4.83 Å². The Morgan fingerprint density at radius 3 is 2.60 bits per heavy atom. The Bertz CT molecular complexity index is 873.